The molecular formula is C19H21N3O3S2. The summed E-state index contributed by atoms with van der Waals surface area (Å²) in [5.41, 5.74) is 0.302. The van der Waals surface area contributed by atoms with E-state index in [0.717, 1.165) is 10.6 Å². The number of rotatable bonds is 6. The topological polar surface area (TPSA) is 66.2 Å². The molecule has 0 saturated heterocycles. The average Bonchev–Trinajstić information content (AvgIpc) is 3.27. The number of thiophene rings is 1. The second-order valence-corrected chi connectivity index (χ2v) is 8.56. The van der Waals surface area contributed by atoms with Crippen LogP contribution in [0.25, 0.3) is 16.4 Å². The van der Waals surface area contributed by atoms with Crippen LogP contribution in [-0.2, 0) is 9.53 Å². The van der Waals surface area contributed by atoms with Crippen LogP contribution in [-0.4, -0.2) is 39.2 Å². The van der Waals surface area contributed by atoms with Gasteiger partial charge >= 0.3 is 5.97 Å². The number of hydrogen-bond donors (Lipinski definition) is 0. The molecule has 3 aromatic rings. The third kappa shape index (κ3) is 4.70. The first-order chi connectivity index (χ1) is 12.9. The van der Waals surface area contributed by atoms with E-state index < -0.39 is 5.60 Å². The van der Waals surface area contributed by atoms with Gasteiger partial charge in [0.15, 0.2) is 11.0 Å². The van der Waals surface area contributed by atoms with Crippen LogP contribution in [0.2, 0.25) is 0 Å². The van der Waals surface area contributed by atoms with Crippen molar-refractivity contribution in [3.63, 3.8) is 0 Å². The van der Waals surface area contributed by atoms with E-state index in [0.29, 0.717) is 16.7 Å². The maximum atomic E-state index is 12.1. The summed E-state index contributed by atoms with van der Waals surface area (Å²) in [6.07, 6.45) is 0. The van der Waals surface area contributed by atoms with Crippen LogP contribution < -0.4 is 4.74 Å². The predicted molar refractivity (Wildman–Crippen MR) is 108 cm³/mol. The lowest BCUT2D eigenvalue weighted by Gasteiger charge is -2.19. The van der Waals surface area contributed by atoms with Crippen LogP contribution in [0.4, 0.5) is 0 Å². The molecule has 0 saturated carbocycles. The highest BCUT2D eigenvalue weighted by atomic mass is 32.2. The molecule has 8 heteroatoms. The molecule has 0 spiro atoms. The van der Waals surface area contributed by atoms with Crippen LogP contribution in [0.1, 0.15) is 20.8 Å². The minimum Gasteiger partial charge on any atom is -0.495 e. The van der Waals surface area contributed by atoms with Gasteiger partial charge in [-0.15, -0.1) is 21.5 Å². The molecular weight excluding hydrogens is 382 g/mol. The zero-order chi connectivity index (χ0) is 19.4. The van der Waals surface area contributed by atoms with Crippen molar-refractivity contribution in [2.45, 2.75) is 31.5 Å². The molecule has 2 heterocycles. The van der Waals surface area contributed by atoms with Crippen LogP contribution >= 0.6 is 23.1 Å². The number of carbonyl (C=O) groups excluding carboxylic acids is 1. The Labute approximate surface area is 166 Å². The standard InChI is InChI=1S/C19H21N3O3S2/c1-19(2,3)25-16(23)12-27-18-21-20-17(15-10-7-11-26-15)22(18)13-8-5-6-9-14(13)24-4/h5-11H,12H2,1-4H3. The smallest absolute Gasteiger partial charge is 0.316 e. The van der Waals surface area contributed by atoms with Gasteiger partial charge in [-0.3, -0.25) is 9.36 Å². The van der Waals surface area contributed by atoms with Crippen LogP contribution in [0, 0.1) is 0 Å². The number of para-hydroxylation sites is 2. The molecule has 0 aliphatic carbocycles. The van der Waals surface area contributed by atoms with Crippen molar-refractivity contribution in [1.82, 2.24) is 14.8 Å². The van der Waals surface area contributed by atoms with E-state index in [9.17, 15) is 4.79 Å². The molecule has 0 aliphatic heterocycles. The van der Waals surface area contributed by atoms with Gasteiger partial charge in [-0.05, 0) is 44.4 Å². The van der Waals surface area contributed by atoms with Gasteiger partial charge in [0, 0.05) is 0 Å². The lowest BCUT2D eigenvalue weighted by Crippen LogP contribution is -2.25. The highest BCUT2D eigenvalue weighted by molar-refractivity contribution is 7.99. The highest BCUT2D eigenvalue weighted by Crippen LogP contribution is 2.34. The largest absolute Gasteiger partial charge is 0.495 e. The van der Waals surface area contributed by atoms with Crippen molar-refractivity contribution < 1.29 is 14.3 Å². The molecule has 142 valence electrons. The first-order valence-corrected chi connectivity index (χ1v) is 10.2. The van der Waals surface area contributed by atoms with E-state index in [4.69, 9.17) is 9.47 Å². The van der Waals surface area contributed by atoms with Gasteiger partial charge in [0.05, 0.1) is 23.4 Å². The van der Waals surface area contributed by atoms with Gasteiger partial charge < -0.3 is 9.47 Å². The second kappa shape index (κ2) is 8.14. The zero-order valence-electron chi connectivity index (χ0n) is 15.6. The Hall–Kier alpha value is -2.32. The Balaban J connectivity index is 1.96. The van der Waals surface area contributed by atoms with E-state index >= 15 is 0 Å². The number of ether oxygens (including phenoxy) is 2. The predicted octanol–water partition coefficient (Wildman–Crippen LogP) is 4.44. The van der Waals surface area contributed by atoms with Crippen molar-refractivity contribution >= 4 is 29.1 Å². The molecule has 0 bridgehead atoms. The van der Waals surface area contributed by atoms with E-state index in [1.165, 1.54) is 11.8 Å². The summed E-state index contributed by atoms with van der Waals surface area (Å²) in [5.74, 6) is 1.27. The minimum atomic E-state index is -0.518. The quantitative estimate of drug-likeness (QED) is 0.448. The third-order valence-corrected chi connectivity index (χ3v) is 5.21. The van der Waals surface area contributed by atoms with E-state index in [2.05, 4.69) is 10.2 Å². The number of thioether (sulfide) groups is 1. The van der Waals surface area contributed by atoms with Crippen molar-refractivity contribution in [1.29, 1.82) is 0 Å². The van der Waals surface area contributed by atoms with Crippen molar-refractivity contribution in [3.05, 3.63) is 41.8 Å². The molecule has 0 unspecified atom stereocenters. The Morgan fingerprint density at radius 1 is 1.19 bits per heavy atom. The molecule has 0 radical (unpaired) electrons. The van der Waals surface area contributed by atoms with Crippen molar-refractivity contribution in [3.8, 4) is 22.1 Å². The Morgan fingerprint density at radius 2 is 1.96 bits per heavy atom. The average molecular weight is 404 g/mol. The number of esters is 1. The molecule has 27 heavy (non-hydrogen) atoms. The number of benzene rings is 1. The van der Waals surface area contributed by atoms with Gasteiger partial charge in [0.25, 0.3) is 0 Å². The highest BCUT2D eigenvalue weighted by Gasteiger charge is 2.22. The SMILES string of the molecule is COc1ccccc1-n1c(SCC(=O)OC(C)(C)C)nnc1-c1cccs1. The molecule has 0 amide bonds. The van der Waals surface area contributed by atoms with Crippen LogP contribution in [0.3, 0.4) is 0 Å². The van der Waals surface area contributed by atoms with Gasteiger partial charge in [0.2, 0.25) is 0 Å². The number of aromatic nitrogens is 3. The molecule has 0 aliphatic rings. The summed E-state index contributed by atoms with van der Waals surface area (Å²) in [6.45, 7) is 5.55. The summed E-state index contributed by atoms with van der Waals surface area (Å²) in [4.78, 5) is 13.1. The molecule has 0 atom stereocenters. The number of hydrogen-bond acceptors (Lipinski definition) is 7. The first kappa shape index (κ1) is 19.4. The van der Waals surface area contributed by atoms with Crippen LogP contribution in [0.15, 0.2) is 46.9 Å². The first-order valence-electron chi connectivity index (χ1n) is 8.36. The molecule has 3 rings (SSSR count). The van der Waals surface area contributed by atoms with Gasteiger partial charge in [0.1, 0.15) is 11.4 Å². The van der Waals surface area contributed by atoms with E-state index in [-0.39, 0.29) is 11.7 Å². The summed E-state index contributed by atoms with van der Waals surface area (Å²) >= 11 is 2.87. The lowest BCUT2D eigenvalue weighted by molar-refractivity contribution is -0.151. The molecule has 1 aromatic carbocycles. The zero-order valence-corrected chi connectivity index (χ0v) is 17.3. The lowest BCUT2D eigenvalue weighted by atomic mass is 10.2. The maximum Gasteiger partial charge on any atom is 0.316 e. The summed E-state index contributed by atoms with van der Waals surface area (Å²) in [7, 11) is 1.63. The number of nitrogens with zero attached hydrogens (tertiary/aromatic N) is 3. The van der Waals surface area contributed by atoms with Gasteiger partial charge in [-0.25, -0.2) is 0 Å². The normalized spacial score (nSPS) is 11.4. The summed E-state index contributed by atoms with van der Waals surface area (Å²) in [6, 6.07) is 11.6. The van der Waals surface area contributed by atoms with E-state index in [1.807, 2.05) is 67.1 Å². The van der Waals surface area contributed by atoms with Crippen LogP contribution in [0.5, 0.6) is 5.75 Å². The van der Waals surface area contributed by atoms with Crippen molar-refractivity contribution in [2.24, 2.45) is 0 Å². The molecule has 0 N–H and O–H groups in total. The molecule has 2 aromatic heterocycles. The number of carbonyl (C=O) groups is 1. The fourth-order valence-corrected chi connectivity index (χ4v) is 3.87. The fraction of sp³-hybridized carbons (Fsp3) is 0.316. The molecule has 0 fully saturated rings. The summed E-state index contributed by atoms with van der Waals surface area (Å²) < 4.78 is 12.8. The fourth-order valence-electron chi connectivity index (χ4n) is 2.45. The minimum absolute atomic E-state index is 0.148. The summed E-state index contributed by atoms with van der Waals surface area (Å²) in [5, 5.41) is 11.3. The van der Waals surface area contributed by atoms with Gasteiger partial charge in [-0.2, -0.15) is 0 Å². The van der Waals surface area contributed by atoms with Crippen molar-refractivity contribution in [2.75, 3.05) is 12.9 Å². The third-order valence-electron chi connectivity index (χ3n) is 3.44. The Kier molecular flexibility index (Phi) is 5.86. The van der Waals surface area contributed by atoms with Gasteiger partial charge in [-0.1, -0.05) is 30.0 Å². The number of methoxy groups -OCH3 is 1. The second-order valence-electron chi connectivity index (χ2n) is 6.67. The maximum absolute atomic E-state index is 12.1. The molecule has 6 nitrogen and oxygen atoms in total. The Morgan fingerprint density at radius 3 is 2.63 bits per heavy atom. The monoisotopic (exact) mass is 403 g/mol. The Bertz CT molecular complexity index is 915. The van der Waals surface area contributed by atoms with E-state index in [1.54, 1.807) is 18.4 Å².